The van der Waals surface area contributed by atoms with Gasteiger partial charge in [-0.15, -0.1) is 0 Å². The summed E-state index contributed by atoms with van der Waals surface area (Å²) in [7, 11) is 0. The first-order chi connectivity index (χ1) is 22.3. The summed E-state index contributed by atoms with van der Waals surface area (Å²) in [5.41, 5.74) is 8.37. The summed E-state index contributed by atoms with van der Waals surface area (Å²) in [5, 5.41) is 9.61. The van der Waals surface area contributed by atoms with E-state index in [-0.39, 0.29) is 0 Å². The quantitative estimate of drug-likeness (QED) is 0.193. The number of hydrogen-bond acceptors (Lipinski definition) is 3. The van der Waals surface area contributed by atoms with Crippen molar-refractivity contribution in [1.82, 2.24) is 9.97 Å². The maximum Gasteiger partial charge on any atom is 0.165 e. The normalized spacial score (nSPS) is 12.4. The number of benzene rings is 8. The molecule has 45 heavy (non-hydrogen) atoms. The Morgan fingerprint density at radius 1 is 0.400 bits per heavy atom. The van der Waals surface area contributed by atoms with Crippen molar-refractivity contribution in [1.29, 1.82) is 0 Å². The molecule has 0 unspecified atom stereocenters. The van der Waals surface area contributed by atoms with Gasteiger partial charge in [0.15, 0.2) is 5.82 Å². The highest BCUT2D eigenvalue weighted by atomic mass is 15.2. The fourth-order valence-electron chi connectivity index (χ4n) is 7.36. The molecule has 3 heteroatoms. The maximum atomic E-state index is 5.49. The number of anilines is 3. The Balaban J connectivity index is 1.40. The second-order valence-electron chi connectivity index (χ2n) is 11.8. The molecule has 0 spiro atoms. The lowest BCUT2D eigenvalue weighted by Gasteiger charge is -2.34. The summed E-state index contributed by atoms with van der Waals surface area (Å²) in [5.74, 6) is 0.828. The third kappa shape index (κ3) is 3.46. The summed E-state index contributed by atoms with van der Waals surface area (Å²) in [6.45, 7) is 0. The van der Waals surface area contributed by atoms with Gasteiger partial charge < -0.3 is 0 Å². The molecular weight excluding hydrogens is 546 g/mol. The highest BCUT2D eigenvalue weighted by Gasteiger charge is 2.31. The molecule has 1 aliphatic rings. The van der Waals surface area contributed by atoms with E-state index in [0.717, 1.165) is 44.9 Å². The van der Waals surface area contributed by atoms with Crippen LogP contribution in [0.4, 0.5) is 17.2 Å². The molecule has 0 fully saturated rings. The van der Waals surface area contributed by atoms with Crippen molar-refractivity contribution in [3.05, 3.63) is 152 Å². The molecule has 0 saturated carbocycles. The Hall–Kier alpha value is -6.06. The summed E-state index contributed by atoms with van der Waals surface area (Å²) in [6.07, 6.45) is 0. The Morgan fingerprint density at radius 2 is 1.04 bits per heavy atom. The van der Waals surface area contributed by atoms with Crippen LogP contribution in [0.2, 0.25) is 0 Å². The predicted molar refractivity (Wildman–Crippen MR) is 189 cm³/mol. The largest absolute Gasteiger partial charge is 0.291 e. The van der Waals surface area contributed by atoms with Gasteiger partial charge in [0.25, 0.3) is 0 Å². The highest BCUT2D eigenvalue weighted by molar-refractivity contribution is 6.20. The number of nitrogens with zero attached hydrogens (tertiary/aromatic N) is 3. The highest BCUT2D eigenvalue weighted by Crippen LogP contribution is 2.54. The minimum atomic E-state index is 0.828. The van der Waals surface area contributed by atoms with Crippen LogP contribution in [0.25, 0.3) is 76.5 Å². The van der Waals surface area contributed by atoms with E-state index >= 15 is 0 Å². The van der Waals surface area contributed by atoms with Crippen LogP contribution >= 0.6 is 0 Å². The lowest BCUT2D eigenvalue weighted by atomic mass is 9.88. The van der Waals surface area contributed by atoms with Crippen molar-refractivity contribution in [2.24, 2.45) is 0 Å². The van der Waals surface area contributed by atoms with E-state index < -0.39 is 0 Å². The smallest absolute Gasteiger partial charge is 0.165 e. The van der Waals surface area contributed by atoms with E-state index in [2.05, 4.69) is 144 Å². The summed E-state index contributed by atoms with van der Waals surface area (Å²) < 4.78 is 0. The molecule has 0 atom stereocenters. The lowest BCUT2D eigenvalue weighted by molar-refractivity contribution is 1.18. The number of rotatable bonds is 2. The van der Waals surface area contributed by atoms with Gasteiger partial charge in [-0.3, -0.25) is 4.90 Å². The summed E-state index contributed by atoms with van der Waals surface area (Å²) in [4.78, 5) is 13.3. The fraction of sp³-hybridized carbons (Fsp3) is 0. The Bertz CT molecular complexity index is 2670. The zero-order chi connectivity index (χ0) is 29.5. The van der Waals surface area contributed by atoms with E-state index in [1.54, 1.807) is 0 Å². The average molecular weight is 572 g/mol. The van der Waals surface area contributed by atoms with E-state index in [9.17, 15) is 0 Å². The van der Waals surface area contributed by atoms with Crippen LogP contribution in [-0.2, 0) is 0 Å². The van der Waals surface area contributed by atoms with Crippen LogP contribution in [0.5, 0.6) is 0 Å². The van der Waals surface area contributed by atoms with Crippen LogP contribution in [0.3, 0.4) is 0 Å². The first kappa shape index (κ1) is 24.4. The lowest BCUT2D eigenvalue weighted by Crippen LogP contribution is -2.18. The van der Waals surface area contributed by atoms with Gasteiger partial charge in [0, 0.05) is 21.9 Å². The fourth-order valence-corrected chi connectivity index (χ4v) is 7.36. The number of hydrogen-bond donors (Lipinski definition) is 0. The van der Waals surface area contributed by atoms with Crippen LogP contribution < -0.4 is 4.90 Å². The Labute approximate surface area is 259 Å². The molecule has 0 amide bonds. The van der Waals surface area contributed by atoms with E-state index in [4.69, 9.17) is 9.97 Å². The van der Waals surface area contributed by atoms with Crippen molar-refractivity contribution in [3.8, 4) is 22.4 Å². The molecule has 0 N–H and O–H groups in total. The van der Waals surface area contributed by atoms with Gasteiger partial charge in [0.1, 0.15) is 5.69 Å². The van der Waals surface area contributed by atoms with Crippen molar-refractivity contribution in [2.45, 2.75) is 0 Å². The molecule has 3 nitrogen and oxygen atoms in total. The van der Waals surface area contributed by atoms with Gasteiger partial charge >= 0.3 is 0 Å². The molecule has 0 saturated heterocycles. The first-order valence-electron chi connectivity index (χ1n) is 15.4. The topological polar surface area (TPSA) is 29.0 Å². The molecule has 0 bridgehead atoms. The van der Waals surface area contributed by atoms with Crippen molar-refractivity contribution in [3.63, 3.8) is 0 Å². The molecule has 8 aromatic carbocycles. The zero-order valence-electron chi connectivity index (χ0n) is 24.3. The number of fused-ring (bicyclic) bond motifs is 8. The third-order valence-corrected chi connectivity index (χ3v) is 9.33. The van der Waals surface area contributed by atoms with E-state index in [1.165, 1.54) is 48.8 Å². The number of para-hydroxylation sites is 2. The molecule has 208 valence electrons. The van der Waals surface area contributed by atoms with Gasteiger partial charge in [-0.1, -0.05) is 127 Å². The van der Waals surface area contributed by atoms with Crippen LogP contribution in [-0.4, -0.2) is 9.97 Å². The summed E-state index contributed by atoms with van der Waals surface area (Å²) >= 11 is 0. The minimum absolute atomic E-state index is 0.828. The number of aromatic nitrogens is 2. The van der Waals surface area contributed by atoms with Gasteiger partial charge in [-0.05, 0) is 62.1 Å². The van der Waals surface area contributed by atoms with Gasteiger partial charge in [0.05, 0.1) is 22.4 Å². The Morgan fingerprint density at radius 3 is 1.89 bits per heavy atom. The van der Waals surface area contributed by atoms with Gasteiger partial charge in [-0.25, -0.2) is 9.97 Å². The van der Waals surface area contributed by atoms with Crippen LogP contribution in [0.15, 0.2) is 152 Å². The molecular formula is C42H25N3. The SMILES string of the molecule is c1ccc2c3c(ccc2c1)-c1cccc2cccc(c12)N3c1nc2ccccc2nc1-c1cc2ccccc2c2ccccc12. The maximum absolute atomic E-state index is 5.49. The van der Waals surface area contributed by atoms with Gasteiger partial charge in [0.2, 0.25) is 0 Å². The monoisotopic (exact) mass is 571 g/mol. The molecule has 2 heterocycles. The van der Waals surface area contributed by atoms with Crippen molar-refractivity contribution >= 4 is 71.3 Å². The molecule has 1 aromatic heterocycles. The Kier molecular flexibility index (Phi) is 5.00. The minimum Gasteiger partial charge on any atom is -0.291 e. The molecule has 0 aliphatic carbocycles. The molecule has 1 aliphatic heterocycles. The molecule has 9 aromatic rings. The third-order valence-electron chi connectivity index (χ3n) is 9.33. The van der Waals surface area contributed by atoms with Gasteiger partial charge in [-0.2, -0.15) is 0 Å². The molecule has 0 radical (unpaired) electrons. The predicted octanol–water partition coefficient (Wildman–Crippen LogP) is 11.4. The van der Waals surface area contributed by atoms with Crippen molar-refractivity contribution < 1.29 is 0 Å². The summed E-state index contributed by atoms with van der Waals surface area (Å²) in [6, 6.07) is 54.2. The zero-order valence-corrected chi connectivity index (χ0v) is 24.3. The standard InChI is InChI=1S/C42H25N3/c1-4-16-30-26(11-1)23-24-34-33-19-9-13-27-14-10-22-38(39(27)33)45(41(30)34)42-40(43-36-20-7-8-21-37(36)44-42)35-25-28-12-2-3-15-29(28)31-17-5-6-18-32(31)35/h1-25H. The second kappa shape index (κ2) is 9.22. The second-order valence-corrected chi connectivity index (χ2v) is 11.8. The average Bonchev–Trinajstić information content (AvgIpc) is 3.11. The first-order valence-corrected chi connectivity index (χ1v) is 15.4. The van der Waals surface area contributed by atoms with Crippen molar-refractivity contribution in [2.75, 3.05) is 4.90 Å². The van der Waals surface area contributed by atoms with Crippen LogP contribution in [0.1, 0.15) is 0 Å². The van der Waals surface area contributed by atoms with Crippen LogP contribution in [0, 0.1) is 0 Å². The van der Waals surface area contributed by atoms with E-state index in [0.29, 0.717) is 0 Å². The molecule has 10 rings (SSSR count). The van der Waals surface area contributed by atoms with E-state index in [1.807, 2.05) is 12.1 Å².